The van der Waals surface area contributed by atoms with Crippen molar-refractivity contribution in [1.82, 2.24) is 10.3 Å². The summed E-state index contributed by atoms with van der Waals surface area (Å²) in [7, 11) is 0. The number of hydrogen-bond donors (Lipinski definition) is 1. The summed E-state index contributed by atoms with van der Waals surface area (Å²) in [5.74, 6) is 0.134. The zero-order valence-corrected chi connectivity index (χ0v) is 13.8. The zero-order valence-electron chi connectivity index (χ0n) is 13.0. The molecule has 0 aliphatic carbocycles. The fourth-order valence-corrected chi connectivity index (χ4v) is 3.42. The molecule has 0 radical (unpaired) electrons. The molecule has 2 aromatic heterocycles. The number of nitrogens with one attached hydrogen (secondary N) is 1. The number of carbonyl (C=O) groups excluding carboxylic acids is 1. The van der Waals surface area contributed by atoms with Crippen LogP contribution in [0.4, 0.5) is 0 Å². The Balaban J connectivity index is 1.44. The van der Waals surface area contributed by atoms with Gasteiger partial charge in [-0.1, -0.05) is 30.3 Å². The van der Waals surface area contributed by atoms with Gasteiger partial charge in [0.25, 0.3) is 0 Å². The minimum Gasteiger partial charge on any atom is -0.356 e. The van der Waals surface area contributed by atoms with E-state index in [-0.39, 0.29) is 5.91 Å². The van der Waals surface area contributed by atoms with Gasteiger partial charge in [-0.2, -0.15) is 0 Å². The second-order valence-corrected chi connectivity index (χ2v) is 6.56. The summed E-state index contributed by atoms with van der Waals surface area (Å²) < 4.78 is 0. The van der Waals surface area contributed by atoms with Gasteiger partial charge >= 0.3 is 0 Å². The predicted molar refractivity (Wildman–Crippen MR) is 95.7 cm³/mol. The minimum atomic E-state index is 0.134. The van der Waals surface area contributed by atoms with E-state index in [1.54, 1.807) is 11.3 Å². The third-order valence-corrected chi connectivity index (χ3v) is 4.78. The molecular weight excluding hydrogens is 304 g/mol. The van der Waals surface area contributed by atoms with Crippen molar-refractivity contribution in [2.24, 2.45) is 0 Å². The smallest absolute Gasteiger partial charge is 0.220 e. The van der Waals surface area contributed by atoms with Crippen LogP contribution in [0.25, 0.3) is 10.9 Å². The Kier molecular flexibility index (Phi) is 5.37. The number of rotatable bonds is 7. The number of hydrogen-bond acceptors (Lipinski definition) is 3. The molecule has 0 aliphatic rings. The van der Waals surface area contributed by atoms with E-state index < -0.39 is 0 Å². The van der Waals surface area contributed by atoms with Crippen LogP contribution in [0.3, 0.4) is 0 Å². The quantitative estimate of drug-likeness (QED) is 0.714. The average molecular weight is 324 g/mol. The average Bonchev–Trinajstić information content (AvgIpc) is 3.08. The molecular formula is C19H20N2OS. The topological polar surface area (TPSA) is 42.0 Å². The van der Waals surface area contributed by atoms with Crippen LogP contribution in [0.15, 0.2) is 54.0 Å². The first kappa shape index (κ1) is 15.7. The first-order valence-electron chi connectivity index (χ1n) is 7.94. The van der Waals surface area contributed by atoms with E-state index in [1.807, 2.05) is 18.3 Å². The number of pyridine rings is 1. The Hall–Kier alpha value is -2.20. The zero-order chi connectivity index (χ0) is 15.9. The normalized spacial score (nSPS) is 10.8. The summed E-state index contributed by atoms with van der Waals surface area (Å²) in [4.78, 5) is 17.7. The highest BCUT2D eigenvalue weighted by atomic mass is 32.1. The molecule has 1 aromatic carbocycles. The largest absolute Gasteiger partial charge is 0.356 e. The van der Waals surface area contributed by atoms with E-state index in [9.17, 15) is 4.79 Å². The van der Waals surface area contributed by atoms with Crippen LogP contribution >= 0.6 is 11.3 Å². The number of aromatic nitrogens is 1. The lowest BCUT2D eigenvalue weighted by Gasteiger charge is -2.07. The van der Waals surface area contributed by atoms with Crippen LogP contribution in [0, 0.1) is 0 Å². The molecule has 0 fully saturated rings. The van der Waals surface area contributed by atoms with Crippen molar-refractivity contribution in [1.29, 1.82) is 0 Å². The lowest BCUT2D eigenvalue weighted by Crippen LogP contribution is -2.25. The van der Waals surface area contributed by atoms with E-state index in [4.69, 9.17) is 0 Å². The first-order valence-corrected chi connectivity index (χ1v) is 8.82. The lowest BCUT2D eigenvalue weighted by molar-refractivity contribution is -0.121. The van der Waals surface area contributed by atoms with Crippen molar-refractivity contribution in [3.05, 3.63) is 64.5 Å². The van der Waals surface area contributed by atoms with E-state index in [0.29, 0.717) is 13.0 Å². The van der Waals surface area contributed by atoms with E-state index in [0.717, 1.165) is 30.2 Å². The summed E-state index contributed by atoms with van der Waals surface area (Å²) in [6, 6.07) is 14.4. The molecule has 0 saturated heterocycles. The predicted octanol–water partition coefficient (Wildman–Crippen LogP) is 3.98. The van der Waals surface area contributed by atoms with Crippen LogP contribution in [-0.4, -0.2) is 17.4 Å². The van der Waals surface area contributed by atoms with Crippen molar-refractivity contribution in [2.45, 2.75) is 25.7 Å². The number of nitrogens with zero attached hydrogens (tertiary/aromatic N) is 1. The molecule has 3 aromatic rings. The molecule has 118 valence electrons. The molecule has 0 saturated carbocycles. The molecule has 2 heterocycles. The van der Waals surface area contributed by atoms with Crippen molar-refractivity contribution in [3.8, 4) is 0 Å². The summed E-state index contributed by atoms with van der Waals surface area (Å²) in [5.41, 5.74) is 2.21. The Morgan fingerprint density at radius 1 is 1.09 bits per heavy atom. The van der Waals surface area contributed by atoms with Gasteiger partial charge in [0, 0.05) is 29.4 Å². The molecule has 0 unspecified atom stereocenters. The summed E-state index contributed by atoms with van der Waals surface area (Å²) >= 11 is 1.75. The fraction of sp³-hybridized carbons (Fsp3) is 0.263. The second kappa shape index (κ2) is 7.88. The summed E-state index contributed by atoms with van der Waals surface area (Å²) in [5, 5.41) is 6.24. The molecule has 0 spiro atoms. The molecule has 1 N–H and O–H groups in total. The molecule has 0 aliphatic heterocycles. The SMILES string of the molecule is O=C(CCCc1cccs1)NCCc1cccc2cccnc12. The molecule has 1 amide bonds. The van der Waals surface area contributed by atoms with E-state index >= 15 is 0 Å². The van der Waals surface area contributed by atoms with E-state index in [2.05, 4.69) is 46.0 Å². The van der Waals surface area contributed by atoms with Gasteiger partial charge < -0.3 is 5.32 Å². The standard InChI is InChI=1S/C19H20N2OS/c22-18(10-2-8-17-9-4-14-23-17)20-13-11-16-6-1-5-15-7-3-12-21-19(15)16/h1,3-7,9,12,14H,2,8,10-11,13H2,(H,20,22). The first-order chi connectivity index (χ1) is 11.3. The number of carbonyl (C=O) groups is 1. The highest BCUT2D eigenvalue weighted by Gasteiger charge is 2.04. The van der Waals surface area contributed by atoms with Gasteiger partial charge in [0.1, 0.15) is 0 Å². The molecule has 0 bridgehead atoms. The van der Waals surface area contributed by atoms with Gasteiger partial charge in [-0.05, 0) is 42.3 Å². The van der Waals surface area contributed by atoms with Gasteiger partial charge in [0.15, 0.2) is 0 Å². The van der Waals surface area contributed by atoms with E-state index in [1.165, 1.54) is 10.4 Å². The third-order valence-electron chi connectivity index (χ3n) is 3.84. The fourth-order valence-electron chi connectivity index (χ4n) is 2.67. The number of para-hydroxylation sites is 1. The highest BCUT2D eigenvalue weighted by molar-refractivity contribution is 7.09. The molecule has 0 atom stereocenters. The van der Waals surface area contributed by atoms with Crippen LogP contribution < -0.4 is 5.32 Å². The number of benzene rings is 1. The number of fused-ring (bicyclic) bond motifs is 1. The Morgan fingerprint density at radius 3 is 2.87 bits per heavy atom. The van der Waals surface area contributed by atoms with Gasteiger partial charge in [0.05, 0.1) is 5.52 Å². The number of amides is 1. The van der Waals surface area contributed by atoms with Crippen molar-refractivity contribution in [3.63, 3.8) is 0 Å². The van der Waals surface area contributed by atoms with Gasteiger partial charge in [-0.15, -0.1) is 11.3 Å². The van der Waals surface area contributed by atoms with Crippen molar-refractivity contribution < 1.29 is 4.79 Å². The van der Waals surface area contributed by atoms with Crippen molar-refractivity contribution in [2.75, 3.05) is 6.54 Å². The number of thiophene rings is 1. The number of aryl methyl sites for hydroxylation is 1. The second-order valence-electron chi connectivity index (χ2n) is 5.53. The maximum atomic E-state index is 11.9. The Bertz CT molecular complexity index is 763. The molecule has 3 rings (SSSR count). The van der Waals surface area contributed by atoms with Crippen LogP contribution in [0.5, 0.6) is 0 Å². The van der Waals surface area contributed by atoms with Crippen LogP contribution in [0.1, 0.15) is 23.3 Å². The maximum Gasteiger partial charge on any atom is 0.220 e. The maximum absolute atomic E-state index is 11.9. The third kappa shape index (κ3) is 4.39. The molecule has 23 heavy (non-hydrogen) atoms. The summed E-state index contributed by atoms with van der Waals surface area (Å²) in [6.45, 7) is 0.660. The molecule has 4 heteroatoms. The van der Waals surface area contributed by atoms with Gasteiger partial charge in [-0.25, -0.2) is 0 Å². The lowest BCUT2D eigenvalue weighted by atomic mass is 10.1. The Morgan fingerprint density at radius 2 is 2.00 bits per heavy atom. The van der Waals surface area contributed by atoms with Gasteiger partial charge in [-0.3, -0.25) is 9.78 Å². The van der Waals surface area contributed by atoms with Crippen LogP contribution in [0.2, 0.25) is 0 Å². The van der Waals surface area contributed by atoms with Crippen molar-refractivity contribution >= 4 is 28.1 Å². The minimum absolute atomic E-state index is 0.134. The monoisotopic (exact) mass is 324 g/mol. The Labute approximate surface area is 140 Å². The van der Waals surface area contributed by atoms with Gasteiger partial charge in [0.2, 0.25) is 5.91 Å². The highest BCUT2D eigenvalue weighted by Crippen LogP contribution is 2.16. The van der Waals surface area contributed by atoms with Crippen LogP contribution in [-0.2, 0) is 17.6 Å². The molecule has 3 nitrogen and oxygen atoms in total. The summed E-state index contributed by atoms with van der Waals surface area (Å²) in [6.07, 6.45) is 5.10.